The molecule has 0 spiro atoms. The SMILES string of the molecule is CC(=O)Nc1nc(C)c(-c2ccc(C)c(S(=O)(=O)NC(C)C)c2)s1. The number of thiazole rings is 1. The number of rotatable bonds is 5. The van der Waals surface area contributed by atoms with E-state index in [1.54, 1.807) is 32.9 Å². The van der Waals surface area contributed by atoms with Crippen molar-refractivity contribution in [1.82, 2.24) is 9.71 Å². The van der Waals surface area contributed by atoms with Gasteiger partial charge in [0.1, 0.15) is 0 Å². The van der Waals surface area contributed by atoms with Gasteiger partial charge < -0.3 is 5.32 Å². The molecule has 1 aromatic heterocycles. The Kier molecular flexibility index (Phi) is 5.42. The van der Waals surface area contributed by atoms with Gasteiger partial charge in [-0.05, 0) is 44.9 Å². The van der Waals surface area contributed by atoms with Crippen molar-refractivity contribution in [2.45, 2.75) is 45.6 Å². The fourth-order valence-electron chi connectivity index (χ4n) is 2.27. The van der Waals surface area contributed by atoms with Crippen LogP contribution < -0.4 is 10.0 Å². The molecule has 2 aromatic rings. The van der Waals surface area contributed by atoms with E-state index in [2.05, 4.69) is 15.0 Å². The molecule has 0 fully saturated rings. The van der Waals surface area contributed by atoms with Gasteiger partial charge in [0.2, 0.25) is 15.9 Å². The molecule has 130 valence electrons. The van der Waals surface area contributed by atoms with Crippen LogP contribution in [0.5, 0.6) is 0 Å². The molecule has 8 heteroatoms. The lowest BCUT2D eigenvalue weighted by molar-refractivity contribution is -0.114. The molecule has 0 aliphatic rings. The highest BCUT2D eigenvalue weighted by atomic mass is 32.2. The number of nitrogens with zero attached hydrogens (tertiary/aromatic N) is 1. The summed E-state index contributed by atoms with van der Waals surface area (Å²) < 4.78 is 27.6. The lowest BCUT2D eigenvalue weighted by Gasteiger charge is -2.13. The molecular weight excluding hydrogens is 346 g/mol. The molecule has 0 atom stereocenters. The predicted octanol–water partition coefficient (Wildman–Crippen LogP) is 3.07. The van der Waals surface area contributed by atoms with Crippen molar-refractivity contribution in [3.8, 4) is 10.4 Å². The quantitative estimate of drug-likeness (QED) is 0.850. The summed E-state index contributed by atoms with van der Waals surface area (Å²) in [6.07, 6.45) is 0. The zero-order chi connectivity index (χ0) is 18.1. The Morgan fingerprint density at radius 1 is 1.25 bits per heavy atom. The van der Waals surface area contributed by atoms with Gasteiger partial charge in [-0.2, -0.15) is 0 Å². The van der Waals surface area contributed by atoms with Crippen molar-refractivity contribution in [2.24, 2.45) is 0 Å². The van der Waals surface area contributed by atoms with Crippen LogP contribution in [0.1, 0.15) is 32.0 Å². The molecule has 1 amide bonds. The van der Waals surface area contributed by atoms with E-state index in [1.165, 1.54) is 18.3 Å². The first kappa shape index (κ1) is 18.6. The molecule has 0 radical (unpaired) electrons. The highest BCUT2D eigenvalue weighted by Gasteiger charge is 2.20. The first-order chi connectivity index (χ1) is 11.1. The maximum absolute atomic E-state index is 12.5. The second kappa shape index (κ2) is 7.00. The molecule has 0 saturated carbocycles. The van der Waals surface area contributed by atoms with Gasteiger partial charge in [0.05, 0.1) is 15.5 Å². The van der Waals surface area contributed by atoms with Gasteiger partial charge in [0, 0.05) is 13.0 Å². The molecule has 0 aliphatic heterocycles. The van der Waals surface area contributed by atoms with Gasteiger partial charge in [-0.15, -0.1) is 0 Å². The van der Waals surface area contributed by atoms with Crippen molar-refractivity contribution in [1.29, 1.82) is 0 Å². The summed E-state index contributed by atoms with van der Waals surface area (Å²) in [6, 6.07) is 5.11. The first-order valence-corrected chi connectivity index (χ1v) is 9.78. The Morgan fingerprint density at radius 2 is 1.92 bits per heavy atom. The zero-order valence-electron chi connectivity index (χ0n) is 14.3. The number of carbonyl (C=O) groups is 1. The van der Waals surface area contributed by atoms with Crippen LogP contribution >= 0.6 is 11.3 Å². The molecule has 2 rings (SSSR count). The maximum Gasteiger partial charge on any atom is 0.241 e. The lowest BCUT2D eigenvalue weighted by atomic mass is 10.1. The summed E-state index contributed by atoms with van der Waals surface area (Å²) in [7, 11) is -3.58. The van der Waals surface area contributed by atoms with Gasteiger partial charge in [0.15, 0.2) is 5.13 Å². The Morgan fingerprint density at radius 3 is 2.50 bits per heavy atom. The number of nitrogens with one attached hydrogen (secondary N) is 2. The Hall–Kier alpha value is -1.77. The number of carbonyl (C=O) groups excluding carboxylic acids is 1. The third-order valence-corrected chi connectivity index (χ3v) is 6.13. The molecule has 0 aliphatic carbocycles. The highest BCUT2D eigenvalue weighted by Crippen LogP contribution is 2.34. The van der Waals surface area contributed by atoms with Crippen molar-refractivity contribution < 1.29 is 13.2 Å². The molecule has 0 bridgehead atoms. The molecular formula is C16H21N3O3S2. The van der Waals surface area contributed by atoms with E-state index in [-0.39, 0.29) is 16.8 Å². The van der Waals surface area contributed by atoms with Crippen LogP contribution in [0.15, 0.2) is 23.1 Å². The van der Waals surface area contributed by atoms with Crippen LogP contribution in [0.2, 0.25) is 0 Å². The Bertz CT molecular complexity index is 871. The lowest BCUT2D eigenvalue weighted by Crippen LogP contribution is -2.30. The second-order valence-electron chi connectivity index (χ2n) is 5.87. The number of anilines is 1. The summed E-state index contributed by atoms with van der Waals surface area (Å²) in [4.78, 5) is 16.6. The van der Waals surface area contributed by atoms with Gasteiger partial charge in [-0.25, -0.2) is 18.1 Å². The van der Waals surface area contributed by atoms with Gasteiger partial charge >= 0.3 is 0 Å². The van der Waals surface area contributed by atoms with E-state index in [4.69, 9.17) is 0 Å². The minimum Gasteiger partial charge on any atom is -0.302 e. The van der Waals surface area contributed by atoms with Gasteiger partial charge in [-0.3, -0.25) is 4.79 Å². The molecule has 0 saturated heterocycles. The summed E-state index contributed by atoms with van der Waals surface area (Å²) >= 11 is 1.32. The third-order valence-electron chi connectivity index (χ3n) is 3.21. The fraction of sp³-hybridized carbons (Fsp3) is 0.375. The highest BCUT2D eigenvalue weighted by molar-refractivity contribution is 7.89. The average molecular weight is 367 g/mol. The van der Waals surface area contributed by atoms with Gasteiger partial charge in [0.25, 0.3) is 0 Å². The minimum atomic E-state index is -3.58. The summed E-state index contributed by atoms with van der Waals surface area (Å²) in [5, 5.41) is 3.16. The van der Waals surface area contributed by atoms with E-state index >= 15 is 0 Å². The second-order valence-corrected chi connectivity index (χ2v) is 8.55. The largest absolute Gasteiger partial charge is 0.302 e. The molecule has 24 heavy (non-hydrogen) atoms. The Balaban J connectivity index is 2.49. The summed E-state index contributed by atoms with van der Waals surface area (Å²) in [6.45, 7) is 8.58. The average Bonchev–Trinajstić information content (AvgIpc) is 2.77. The number of amides is 1. The van der Waals surface area contributed by atoms with Crippen LogP contribution in [0.25, 0.3) is 10.4 Å². The predicted molar refractivity (Wildman–Crippen MR) is 96.8 cm³/mol. The molecule has 2 N–H and O–H groups in total. The van der Waals surface area contributed by atoms with Crippen molar-refractivity contribution in [3.05, 3.63) is 29.5 Å². The van der Waals surface area contributed by atoms with Crippen LogP contribution in [-0.2, 0) is 14.8 Å². The normalized spacial score (nSPS) is 11.8. The summed E-state index contributed by atoms with van der Waals surface area (Å²) in [5.41, 5.74) is 2.18. The number of sulfonamides is 1. The monoisotopic (exact) mass is 367 g/mol. The van der Waals surface area contributed by atoms with Crippen LogP contribution in [0.4, 0.5) is 5.13 Å². The summed E-state index contributed by atoms with van der Waals surface area (Å²) in [5.74, 6) is -0.191. The smallest absolute Gasteiger partial charge is 0.241 e. The van der Waals surface area contributed by atoms with Crippen molar-refractivity contribution in [3.63, 3.8) is 0 Å². The number of hydrogen-bond acceptors (Lipinski definition) is 5. The molecule has 1 aromatic carbocycles. The molecule has 6 nitrogen and oxygen atoms in total. The number of aromatic nitrogens is 1. The van der Waals surface area contributed by atoms with Crippen LogP contribution in [0.3, 0.4) is 0 Å². The standard InChI is InChI=1S/C16H21N3O3S2/c1-9(2)19-24(21,22)14-8-13(7-6-10(14)3)15-11(4)17-16(23-15)18-12(5)20/h6-9,19H,1-5H3,(H,17,18,20). The Labute approximate surface area is 146 Å². The minimum absolute atomic E-state index is 0.186. The van der Waals surface area contributed by atoms with Crippen molar-refractivity contribution in [2.75, 3.05) is 5.32 Å². The first-order valence-electron chi connectivity index (χ1n) is 7.48. The van der Waals surface area contributed by atoms with E-state index in [1.807, 2.05) is 13.0 Å². The number of aryl methyl sites for hydroxylation is 2. The topological polar surface area (TPSA) is 88.2 Å². The maximum atomic E-state index is 12.5. The van der Waals surface area contributed by atoms with E-state index in [0.29, 0.717) is 10.7 Å². The van der Waals surface area contributed by atoms with E-state index in [9.17, 15) is 13.2 Å². The van der Waals surface area contributed by atoms with Crippen LogP contribution in [0, 0.1) is 13.8 Å². The van der Waals surface area contributed by atoms with E-state index < -0.39 is 10.0 Å². The van der Waals surface area contributed by atoms with Gasteiger partial charge in [-0.1, -0.05) is 23.5 Å². The molecule has 1 heterocycles. The van der Waals surface area contributed by atoms with E-state index in [0.717, 1.165) is 16.1 Å². The number of hydrogen-bond donors (Lipinski definition) is 2. The zero-order valence-corrected chi connectivity index (χ0v) is 15.9. The fourth-order valence-corrected chi connectivity index (χ4v) is 4.80. The van der Waals surface area contributed by atoms with Crippen molar-refractivity contribution >= 4 is 32.4 Å². The number of benzene rings is 1. The third kappa shape index (κ3) is 4.19. The van der Waals surface area contributed by atoms with Crippen LogP contribution in [-0.4, -0.2) is 25.4 Å². The molecule has 0 unspecified atom stereocenters.